The quantitative estimate of drug-likeness (QED) is 0.656. The molecule has 6 nitrogen and oxygen atoms in total. The van der Waals surface area contributed by atoms with Gasteiger partial charge in [-0.3, -0.25) is 10.1 Å². The highest BCUT2D eigenvalue weighted by Gasteiger charge is 2.31. The van der Waals surface area contributed by atoms with Crippen LogP contribution in [0.15, 0.2) is 12.4 Å². The van der Waals surface area contributed by atoms with Crippen molar-refractivity contribution in [2.75, 3.05) is 5.32 Å². The zero-order valence-electron chi connectivity index (χ0n) is 10.7. The number of hydrogen-bond acceptors (Lipinski definition) is 5. The van der Waals surface area contributed by atoms with Gasteiger partial charge in [0.1, 0.15) is 12.4 Å². The molecular formula is C12H18N4O2. The molecular weight excluding hydrogens is 232 g/mol. The smallest absolute Gasteiger partial charge is 0.305 e. The van der Waals surface area contributed by atoms with Gasteiger partial charge in [0.15, 0.2) is 0 Å². The molecule has 0 aromatic carbocycles. The molecule has 98 valence electrons. The van der Waals surface area contributed by atoms with Crippen molar-refractivity contribution < 1.29 is 4.92 Å². The van der Waals surface area contributed by atoms with E-state index < -0.39 is 4.92 Å². The van der Waals surface area contributed by atoms with Crippen LogP contribution in [0.25, 0.3) is 0 Å². The van der Waals surface area contributed by atoms with E-state index >= 15 is 0 Å². The fourth-order valence-corrected chi connectivity index (χ4v) is 2.68. The summed E-state index contributed by atoms with van der Waals surface area (Å²) < 4.78 is 0. The van der Waals surface area contributed by atoms with Crippen LogP contribution in [0.4, 0.5) is 11.6 Å². The molecule has 1 saturated carbocycles. The van der Waals surface area contributed by atoms with Crippen molar-refractivity contribution in [1.82, 2.24) is 9.97 Å². The van der Waals surface area contributed by atoms with Gasteiger partial charge >= 0.3 is 5.69 Å². The molecule has 3 atom stereocenters. The second-order valence-electron chi connectivity index (χ2n) is 4.88. The van der Waals surface area contributed by atoms with Gasteiger partial charge in [-0.05, 0) is 24.7 Å². The molecule has 1 N–H and O–H groups in total. The average Bonchev–Trinajstić information content (AvgIpc) is 2.71. The number of rotatable bonds is 4. The molecule has 18 heavy (non-hydrogen) atoms. The molecule has 0 bridgehead atoms. The van der Waals surface area contributed by atoms with Crippen molar-refractivity contribution >= 4 is 11.6 Å². The normalized spacial score (nSPS) is 27.1. The number of aromatic nitrogens is 2. The number of anilines is 1. The van der Waals surface area contributed by atoms with Crippen molar-refractivity contribution in [3.8, 4) is 0 Å². The third-order valence-electron chi connectivity index (χ3n) is 3.91. The second kappa shape index (κ2) is 5.29. The van der Waals surface area contributed by atoms with Crippen LogP contribution >= 0.6 is 0 Å². The van der Waals surface area contributed by atoms with E-state index in [-0.39, 0.29) is 5.69 Å². The van der Waals surface area contributed by atoms with Gasteiger partial charge in [-0.2, -0.15) is 0 Å². The molecule has 1 aliphatic rings. The van der Waals surface area contributed by atoms with Gasteiger partial charge in [-0.15, -0.1) is 0 Å². The van der Waals surface area contributed by atoms with Gasteiger partial charge in [-0.25, -0.2) is 9.97 Å². The molecule has 0 spiro atoms. The van der Waals surface area contributed by atoms with E-state index in [9.17, 15) is 10.1 Å². The Balaban J connectivity index is 2.00. The summed E-state index contributed by atoms with van der Waals surface area (Å²) in [7, 11) is 0. The molecule has 2 rings (SSSR count). The first kappa shape index (κ1) is 12.7. The lowest BCUT2D eigenvalue weighted by Crippen LogP contribution is -2.25. The maximum absolute atomic E-state index is 10.5. The SMILES string of the molecule is CCC1CCC(Nc2ncc([N+](=O)[O-])cn2)C1C. The summed E-state index contributed by atoms with van der Waals surface area (Å²) in [6.45, 7) is 4.45. The van der Waals surface area contributed by atoms with E-state index in [4.69, 9.17) is 0 Å². The van der Waals surface area contributed by atoms with Crippen LogP contribution in [0.2, 0.25) is 0 Å². The van der Waals surface area contributed by atoms with Crippen LogP contribution in [-0.2, 0) is 0 Å². The molecule has 1 fully saturated rings. The maximum atomic E-state index is 10.5. The predicted octanol–water partition coefficient (Wildman–Crippen LogP) is 2.62. The van der Waals surface area contributed by atoms with Gasteiger partial charge in [0.25, 0.3) is 0 Å². The van der Waals surface area contributed by atoms with E-state index in [0.29, 0.717) is 17.9 Å². The Morgan fingerprint density at radius 3 is 2.61 bits per heavy atom. The number of nitrogens with one attached hydrogen (secondary N) is 1. The Hall–Kier alpha value is -1.72. The fourth-order valence-electron chi connectivity index (χ4n) is 2.68. The van der Waals surface area contributed by atoms with Crippen LogP contribution in [0, 0.1) is 22.0 Å². The maximum Gasteiger partial charge on any atom is 0.305 e. The third-order valence-corrected chi connectivity index (χ3v) is 3.91. The highest BCUT2D eigenvalue weighted by atomic mass is 16.6. The van der Waals surface area contributed by atoms with Crippen LogP contribution in [0.1, 0.15) is 33.1 Å². The molecule has 0 aliphatic heterocycles. The Morgan fingerprint density at radius 1 is 1.44 bits per heavy atom. The largest absolute Gasteiger partial charge is 0.351 e. The van der Waals surface area contributed by atoms with Crippen LogP contribution in [0.3, 0.4) is 0 Å². The second-order valence-corrected chi connectivity index (χ2v) is 4.88. The molecule has 1 aliphatic carbocycles. The Labute approximate surface area is 106 Å². The van der Waals surface area contributed by atoms with Crippen LogP contribution in [0.5, 0.6) is 0 Å². The number of nitro groups is 1. The molecule has 0 amide bonds. The standard InChI is InChI=1S/C12H18N4O2/c1-3-9-4-5-11(8(9)2)15-12-13-6-10(7-14-12)16(17)18/h6-9,11H,3-5H2,1-2H3,(H,13,14,15). The zero-order valence-corrected chi connectivity index (χ0v) is 10.7. The molecule has 0 radical (unpaired) electrons. The molecule has 0 saturated heterocycles. The van der Waals surface area contributed by atoms with Crippen molar-refractivity contribution in [1.29, 1.82) is 0 Å². The van der Waals surface area contributed by atoms with Crippen molar-refractivity contribution in [2.45, 2.75) is 39.2 Å². The lowest BCUT2D eigenvalue weighted by Gasteiger charge is -2.20. The van der Waals surface area contributed by atoms with Gasteiger partial charge in [0.2, 0.25) is 5.95 Å². The summed E-state index contributed by atoms with van der Waals surface area (Å²) in [4.78, 5) is 18.0. The summed E-state index contributed by atoms with van der Waals surface area (Å²) >= 11 is 0. The highest BCUT2D eigenvalue weighted by Crippen LogP contribution is 2.35. The van der Waals surface area contributed by atoms with E-state index in [1.54, 1.807) is 0 Å². The van der Waals surface area contributed by atoms with E-state index in [1.807, 2.05) is 0 Å². The molecule has 1 heterocycles. The Morgan fingerprint density at radius 2 is 2.11 bits per heavy atom. The van der Waals surface area contributed by atoms with Gasteiger partial charge in [0, 0.05) is 6.04 Å². The molecule has 6 heteroatoms. The van der Waals surface area contributed by atoms with E-state index in [1.165, 1.54) is 25.2 Å². The highest BCUT2D eigenvalue weighted by molar-refractivity contribution is 5.32. The van der Waals surface area contributed by atoms with Gasteiger partial charge < -0.3 is 5.32 Å². The number of hydrogen-bond donors (Lipinski definition) is 1. The monoisotopic (exact) mass is 250 g/mol. The first-order chi connectivity index (χ1) is 8.61. The Bertz CT molecular complexity index is 421. The van der Waals surface area contributed by atoms with Crippen molar-refractivity contribution in [3.05, 3.63) is 22.5 Å². The lowest BCUT2D eigenvalue weighted by atomic mass is 9.94. The average molecular weight is 250 g/mol. The van der Waals surface area contributed by atoms with E-state index in [0.717, 1.165) is 12.3 Å². The molecule has 1 aromatic rings. The van der Waals surface area contributed by atoms with Crippen molar-refractivity contribution in [2.24, 2.45) is 11.8 Å². The lowest BCUT2D eigenvalue weighted by molar-refractivity contribution is -0.385. The summed E-state index contributed by atoms with van der Waals surface area (Å²) in [6, 6.07) is 0.372. The summed E-state index contributed by atoms with van der Waals surface area (Å²) in [5, 5.41) is 13.8. The molecule has 3 unspecified atom stereocenters. The van der Waals surface area contributed by atoms with Crippen LogP contribution < -0.4 is 5.32 Å². The third kappa shape index (κ3) is 2.57. The van der Waals surface area contributed by atoms with Crippen LogP contribution in [-0.4, -0.2) is 20.9 Å². The molecule has 1 aromatic heterocycles. The fraction of sp³-hybridized carbons (Fsp3) is 0.667. The zero-order chi connectivity index (χ0) is 13.1. The van der Waals surface area contributed by atoms with Gasteiger partial charge in [-0.1, -0.05) is 20.3 Å². The first-order valence-corrected chi connectivity index (χ1v) is 6.34. The summed E-state index contributed by atoms with van der Waals surface area (Å²) in [6.07, 6.45) is 6.02. The van der Waals surface area contributed by atoms with Crippen molar-refractivity contribution in [3.63, 3.8) is 0 Å². The minimum absolute atomic E-state index is 0.0774. The van der Waals surface area contributed by atoms with E-state index in [2.05, 4.69) is 29.1 Å². The first-order valence-electron chi connectivity index (χ1n) is 6.34. The summed E-state index contributed by atoms with van der Waals surface area (Å²) in [5.74, 6) is 1.82. The minimum Gasteiger partial charge on any atom is -0.351 e. The minimum atomic E-state index is -0.491. The Kier molecular flexibility index (Phi) is 3.74. The number of nitrogens with zero attached hydrogens (tertiary/aromatic N) is 3. The predicted molar refractivity (Wildman–Crippen MR) is 68.3 cm³/mol. The van der Waals surface area contributed by atoms with Gasteiger partial charge in [0.05, 0.1) is 4.92 Å². The summed E-state index contributed by atoms with van der Waals surface area (Å²) in [5.41, 5.74) is -0.0774. The topological polar surface area (TPSA) is 81.0 Å².